The third-order valence-electron chi connectivity index (χ3n) is 2.91. The number of carboxylic acids is 1. The van der Waals surface area contributed by atoms with Gasteiger partial charge in [-0.2, -0.15) is 4.39 Å². The van der Waals surface area contributed by atoms with Gasteiger partial charge in [-0.05, 0) is 0 Å². The molecular formula is C11H10F2N2O5. The van der Waals surface area contributed by atoms with Crippen molar-refractivity contribution in [2.75, 3.05) is 24.7 Å². The maximum absolute atomic E-state index is 13.6. The smallest absolute Gasteiger partial charge is 0.328 e. The van der Waals surface area contributed by atoms with Crippen LogP contribution in [0.5, 0.6) is 0 Å². The van der Waals surface area contributed by atoms with Crippen molar-refractivity contribution in [3.05, 3.63) is 33.9 Å². The molecular weight excluding hydrogens is 278 g/mol. The van der Waals surface area contributed by atoms with Gasteiger partial charge in [-0.3, -0.25) is 10.1 Å². The van der Waals surface area contributed by atoms with E-state index in [2.05, 4.69) is 0 Å². The van der Waals surface area contributed by atoms with Gasteiger partial charge in [0.25, 0.3) is 0 Å². The first-order valence-corrected chi connectivity index (χ1v) is 5.62. The second-order valence-electron chi connectivity index (χ2n) is 4.13. The molecule has 2 rings (SSSR count). The van der Waals surface area contributed by atoms with E-state index in [0.29, 0.717) is 6.07 Å². The molecule has 0 bridgehead atoms. The van der Waals surface area contributed by atoms with Gasteiger partial charge < -0.3 is 14.7 Å². The molecule has 1 aliphatic rings. The van der Waals surface area contributed by atoms with Crippen LogP contribution in [0.3, 0.4) is 0 Å². The molecule has 1 heterocycles. The van der Waals surface area contributed by atoms with E-state index in [1.54, 1.807) is 0 Å². The molecule has 1 unspecified atom stereocenters. The van der Waals surface area contributed by atoms with E-state index >= 15 is 0 Å². The number of morpholine rings is 1. The number of hydrogen-bond donors (Lipinski definition) is 1. The van der Waals surface area contributed by atoms with Crippen molar-refractivity contribution in [1.29, 1.82) is 0 Å². The van der Waals surface area contributed by atoms with E-state index in [9.17, 15) is 23.7 Å². The molecule has 108 valence electrons. The van der Waals surface area contributed by atoms with Crippen LogP contribution in [0.4, 0.5) is 20.2 Å². The molecule has 1 fully saturated rings. The lowest BCUT2D eigenvalue weighted by Gasteiger charge is -2.34. The highest BCUT2D eigenvalue weighted by atomic mass is 19.1. The van der Waals surface area contributed by atoms with E-state index in [1.807, 2.05) is 0 Å². The van der Waals surface area contributed by atoms with Gasteiger partial charge in [-0.1, -0.05) is 0 Å². The van der Waals surface area contributed by atoms with E-state index in [4.69, 9.17) is 9.84 Å². The SMILES string of the molecule is O=C(O)C1COCCN1c1cc(F)cc(F)c1[N+](=O)[O-]. The Morgan fingerprint density at radius 2 is 2.20 bits per heavy atom. The van der Waals surface area contributed by atoms with Crippen molar-refractivity contribution >= 4 is 17.3 Å². The fourth-order valence-corrected chi connectivity index (χ4v) is 2.05. The van der Waals surface area contributed by atoms with Crippen LogP contribution < -0.4 is 4.90 Å². The van der Waals surface area contributed by atoms with Gasteiger partial charge in [0.2, 0.25) is 5.82 Å². The summed E-state index contributed by atoms with van der Waals surface area (Å²) in [6, 6.07) is -0.0935. The first kappa shape index (κ1) is 14.1. The summed E-state index contributed by atoms with van der Waals surface area (Å²) >= 11 is 0. The van der Waals surface area contributed by atoms with Crippen LogP contribution in [0, 0.1) is 21.7 Å². The van der Waals surface area contributed by atoms with Crippen molar-refractivity contribution in [1.82, 2.24) is 0 Å². The number of hydrogen-bond acceptors (Lipinski definition) is 5. The van der Waals surface area contributed by atoms with E-state index in [1.165, 1.54) is 0 Å². The molecule has 1 aliphatic heterocycles. The molecule has 9 heteroatoms. The van der Waals surface area contributed by atoms with Crippen molar-refractivity contribution in [3.63, 3.8) is 0 Å². The van der Waals surface area contributed by atoms with Crippen LogP contribution in [0.2, 0.25) is 0 Å². The zero-order valence-electron chi connectivity index (χ0n) is 10.1. The third kappa shape index (κ3) is 2.52. The number of rotatable bonds is 3. The maximum Gasteiger partial charge on any atom is 0.328 e. The number of aliphatic carboxylic acids is 1. The van der Waals surface area contributed by atoms with Crippen LogP contribution >= 0.6 is 0 Å². The maximum atomic E-state index is 13.6. The zero-order chi connectivity index (χ0) is 14.9. The minimum absolute atomic E-state index is 0.0132. The highest BCUT2D eigenvalue weighted by molar-refractivity contribution is 5.80. The Morgan fingerprint density at radius 3 is 2.80 bits per heavy atom. The number of nitrogens with zero attached hydrogens (tertiary/aromatic N) is 2. The van der Waals surface area contributed by atoms with E-state index in [0.717, 1.165) is 11.0 Å². The van der Waals surface area contributed by atoms with Crippen LogP contribution in [0.15, 0.2) is 12.1 Å². The van der Waals surface area contributed by atoms with E-state index in [-0.39, 0.29) is 19.8 Å². The lowest BCUT2D eigenvalue weighted by molar-refractivity contribution is -0.386. The number of nitro groups is 1. The number of carboxylic acid groups (broad SMARTS) is 1. The predicted octanol–water partition coefficient (Wildman–Crippen LogP) is 1.16. The Balaban J connectivity index is 2.54. The van der Waals surface area contributed by atoms with Crippen molar-refractivity contribution in [3.8, 4) is 0 Å². The number of nitro benzene ring substituents is 1. The number of halogens is 2. The number of benzene rings is 1. The molecule has 0 saturated carbocycles. The molecule has 1 N–H and O–H groups in total. The highest BCUT2D eigenvalue weighted by Crippen LogP contribution is 2.34. The summed E-state index contributed by atoms with van der Waals surface area (Å²) in [4.78, 5) is 22.1. The summed E-state index contributed by atoms with van der Waals surface area (Å²) in [6.45, 7) is -0.121. The quantitative estimate of drug-likeness (QED) is 0.662. The molecule has 20 heavy (non-hydrogen) atoms. The Bertz CT molecular complexity index is 566. The first-order chi connectivity index (χ1) is 9.41. The molecule has 0 spiro atoms. The summed E-state index contributed by atoms with van der Waals surface area (Å²) in [5.41, 5.74) is -1.34. The summed E-state index contributed by atoms with van der Waals surface area (Å²) in [6.07, 6.45) is 0. The summed E-state index contributed by atoms with van der Waals surface area (Å²) in [7, 11) is 0. The molecule has 7 nitrogen and oxygen atoms in total. The summed E-state index contributed by atoms with van der Waals surface area (Å²) < 4.78 is 31.8. The number of carbonyl (C=O) groups is 1. The van der Waals surface area contributed by atoms with Gasteiger partial charge >= 0.3 is 11.7 Å². The zero-order valence-corrected chi connectivity index (χ0v) is 10.1. The minimum atomic E-state index is -1.35. The second kappa shape index (κ2) is 5.37. The Morgan fingerprint density at radius 1 is 1.50 bits per heavy atom. The molecule has 1 aromatic carbocycles. The van der Waals surface area contributed by atoms with Crippen LogP contribution in [-0.2, 0) is 9.53 Å². The fourth-order valence-electron chi connectivity index (χ4n) is 2.05. The molecule has 0 amide bonds. The van der Waals surface area contributed by atoms with Gasteiger partial charge in [0.15, 0.2) is 6.04 Å². The Labute approximate surface area is 111 Å². The Kier molecular flexibility index (Phi) is 3.79. The van der Waals surface area contributed by atoms with Gasteiger partial charge in [0.05, 0.1) is 18.1 Å². The molecule has 0 radical (unpaired) electrons. The topological polar surface area (TPSA) is 92.9 Å². The molecule has 0 aliphatic carbocycles. The highest BCUT2D eigenvalue weighted by Gasteiger charge is 2.35. The minimum Gasteiger partial charge on any atom is -0.480 e. The van der Waals surface area contributed by atoms with Gasteiger partial charge in [0, 0.05) is 18.7 Å². The van der Waals surface area contributed by atoms with Crippen molar-refractivity contribution in [2.24, 2.45) is 0 Å². The fraction of sp³-hybridized carbons (Fsp3) is 0.364. The lowest BCUT2D eigenvalue weighted by Crippen LogP contribution is -2.50. The molecule has 0 aromatic heterocycles. The summed E-state index contributed by atoms with van der Waals surface area (Å²) in [5, 5.41) is 20.0. The molecule has 1 aromatic rings. The lowest BCUT2D eigenvalue weighted by atomic mass is 10.1. The number of ether oxygens (including phenoxy) is 1. The normalized spacial score (nSPS) is 18.9. The first-order valence-electron chi connectivity index (χ1n) is 5.62. The van der Waals surface area contributed by atoms with Crippen molar-refractivity contribution < 1.29 is 28.3 Å². The average molecular weight is 288 g/mol. The number of anilines is 1. The van der Waals surface area contributed by atoms with E-state index < -0.39 is 39.9 Å². The van der Waals surface area contributed by atoms with Crippen LogP contribution in [-0.4, -0.2) is 41.8 Å². The second-order valence-corrected chi connectivity index (χ2v) is 4.13. The van der Waals surface area contributed by atoms with Crippen LogP contribution in [0.25, 0.3) is 0 Å². The molecule has 1 atom stereocenters. The van der Waals surface area contributed by atoms with Gasteiger partial charge in [-0.15, -0.1) is 0 Å². The molecule has 1 saturated heterocycles. The predicted molar refractivity (Wildman–Crippen MR) is 62.6 cm³/mol. The largest absolute Gasteiger partial charge is 0.480 e. The van der Waals surface area contributed by atoms with Crippen molar-refractivity contribution in [2.45, 2.75) is 6.04 Å². The average Bonchev–Trinajstić information content (AvgIpc) is 2.37. The standard InChI is InChI=1S/C11H10F2N2O5/c12-6-3-7(13)10(15(18)19)8(4-6)14-1-2-20-5-9(14)11(16)17/h3-4,9H,1-2,5H2,(H,16,17). The van der Waals surface area contributed by atoms with Gasteiger partial charge in [0.1, 0.15) is 11.5 Å². The monoisotopic (exact) mass is 288 g/mol. The van der Waals surface area contributed by atoms with Gasteiger partial charge in [-0.25, -0.2) is 9.18 Å². The Hall–Kier alpha value is -2.29. The van der Waals surface area contributed by atoms with Crippen LogP contribution in [0.1, 0.15) is 0 Å². The third-order valence-corrected chi connectivity index (χ3v) is 2.91. The summed E-state index contributed by atoms with van der Waals surface area (Å²) in [5.74, 6) is -3.65.